The van der Waals surface area contributed by atoms with Crippen LogP contribution in [-0.4, -0.2) is 29.6 Å². The highest BCUT2D eigenvalue weighted by Gasteiger charge is 2.23. The Morgan fingerprint density at radius 2 is 2.29 bits per heavy atom. The first-order chi connectivity index (χ1) is 8.09. The van der Waals surface area contributed by atoms with Crippen molar-refractivity contribution in [3.63, 3.8) is 0 Å². The number of nitrogens with zero attached hydrogens (tertiary/aromatic N) is 1. The van der Waals surface area contributed by atoms with Crippen molar-refractivity contribution in [2.75, 3.05) is 13.1 Å². The van der Waals surface area contributed by atoms with Crippen LogP contribution in [0.1, 0.15) is 29.5 Å². The molecule has 1 aliphatic heterocycles. The van der Waals surface area contributed by atoms with Gasteiger partial charge in [0.05, 0.1) is 0 Å². The smallest absolute Gasteiger partial charge is 0.268 e. The zero-order valence-electron chi connectivity index (χ0n) is 10.8. The van der Waals surface area contributed by atoms with Gasteiger partial charge in [0.25, 0.3) is 5.91 Å². The summed E-state index contributed by atoms with van der Waals surface area (Å²) in [6.07, 6.45) is 1.12. The van der Waals surface area contributed by atoms with Crippen LogP contribution in [0.2, 0.25) is 0 Å². The van der Waals surface area contributed by atoms with Gasteiger partial charge in [-0.2, -0.15) is 0 Å². The largest absolute Gasteiger partial charge is 0.346 e. The summed E-state index contributed by atoms with van der Waals surface area (Å²) in [4.78, 5) is 12.1. The zero-order chi connectivity index (χ0) is 12.4. The average Bonchev–Trinajstić information content (AvgIpc) is 2.63. The summed E-state index contributed by atoms with van der Waals surface area (Å²) in [5, 5.41) is 6.44. The molecule has 4 nitrogen and oxygen atoms in total. The maximum Gasteiger partial charge on any atom is 0.268 e. The minimum Gasteiger partial charge on any atom is -0.346 e. The lowest BCUT2D eigenvalue weighted by Crippen LogP contribution is -2.50. The highest BCUT2D eigenvalue weighted by Crippen LogP contribution is 2.12. The molecule has 1 amide bonds. The van der Waals surface area contributed by atoms with Gasteiger partial charge in [-0.05, 0) is 37.9 Å². The normalized spacial score (nSPS) is 24.6. The molecule has 1 aliphatic rings. The number of amides is 1. The number of carbonyl (C=O) groups is 1. The number of aryl methyl sites for hydroxylation is 1. The Bertz CT molecular complexity index is 411. The SMILES string of the molecule is Cc1ccc(C(=O)NC2CNCCC2C)n1C. The van der Waals surface area contributed by atoms with E-state index >= 15 is 0 Å². The second-order valence-electron chi connectivity index (χ2n) is 4.97. The molecule has 0 aliphatic carbocycles. The molecule has 17 heavy (non-hydrogen) atoms. The first-order valence-electron chi connectivity index (χ1n) is 6.23. The molecule has 1 aromatic rings. The van der Waals surface area contributed by atoms with E-state index < -0.39 is 0 Å². The molecule has 1 fully saturated rings. The van der Waals surface area contributed by atoms with Crippen molar-refractivity contribution < 1.29 is 4.79 Å². The van der Waals surface area contributed by atoms with Crippen LogP contribution in [0.25, 0.3) is 0 Å². The number of rotatable bonds is 2. The van der Waals surface area contributed by atoms with E-state index in [9.17, 15) is 4.79 Å². The standard InChI is InChI=1S/C13H21N3O/c1-9-6-7-14-8-11(9)15-13(17)12-5-4-10(2)16(12)3/h4-5,9,11,14H,6-8H2,1-3H3,(H,15,17). The first-order valence-corrected chi connectivity index (χ1v) is 6.23. The molecule has 1 saturated heterocycles. The predicted octanol–water partition coefficient (Wildman–Crippen LogP) is 1.06. The average molecular weight is 235 g/mol. The lowest BCUT2D eigenvalue weighted by molar-refractivity contribution is 0.0906. The monoisotopic (exact) mass is 235 g/mol. The molecule has 2 N–H and O–H groups in total. The first kappa shape index (κ1) is 12.2. The van der Waals surface area contributed by atoms with Gasteiger partial charge in [0.1, 0.15) is 5.69 Å². The van der Waals surface area contributed by atoms with Crippen LogP contribution in [0.4, 0.5) is 0 Å². The summed E-state index contributed by atoms with van der Waals surface area (Å²) in [6.45, 7) is 6.12. The summed E-state index contributed by atoms with van der Waals surface area (Å²) in [5.74, 6) is 0.572. The van der Waals surface area contributed by atoms with Crippen LogP contribution in [0.3, 0.4) is 0 Å². The third-order valence-electron chi connectivity index (χ3n) is 3.75. The molecule has 4 heteroatoms. The van der Waals surface area contributed by atoms with Crippen molar-refractivity contribution in [1.82, 2.24) is 15.2 Å². The maximum absolute atomic E-state index is 12.1. The molecule has 2 unspecified atom stereocenters. The molecule has 2 heterocycles. The number of carbonyl (C=O) groups excluding carboxylic acids is 1. The van der Waals surface area contributed by atoms with Gasteiger partial charge in [0, 0.05) is 25.3 Å². The number of hydrogen-bond acceptors (Lipinski definition) is 2. The van der Waals surface area contributed by atoms with Gasteiger partial charge >= 0.3 is 0 Å². The van der Waals surface area contributed by atoms with Crippen molar-refractivity contribution >= 4 is 5.91 Å². The lowest BCUT2D eigenvalue weighted by Gasteiger charge is -2.30. The number of nitrogens with one attached hydrogen (secondary N) is 2. The van der Waals surface area contributed by atoms with Crippen LogP contribution in [-0.2, 0) is 7.05 Å². The van der Waals surface area contributed by atoms with Gasteiger partial charge in [-0.1, -0.05) is 6.92 Å². The van der Waals surface area contributed by atoms with Crippen molar-refractivity contribution in [1.29, 1.82) is 0 Å². The third kappa shape index (κ3) is 2.52. The quantitative estimate of drug-likeness (QED) is 0.805. The van der Waals surface area contributed by atoms with Crippen LogP contribution < -0.4 is 10.6 Å². The summed E-state index contributed by atoms with van der Waals surface area (Å²) in [5.41, 5.74) is 1.84. The summed E-state index contributed by atoms with van der Waals surface area (Å²) in [7, 11) is 1.92. The van der Waals surface area contributed by atoms with Crippen LogP contribution in [0.5, 0.6) is 0 Å². The number of hydrogen-bond donors (Lipinski definition) is 2. The molecule has 2 rings (SSSR count). The van der Waals surface area contributed by atoms with Gasteiger partial charge in [-0.25, -0.2) is 0 Å². The van der Waals surface area contributed by atoms with Gasteiger partial charge in [0.2, 0.25) is 0 Å². The maximum atomic E-state index is 12.1. The molecule has 0 aromatic carbocycles. The highest BCUT2D eigenvalue weighted by atomic mass is 16.2. The van der Waals surface area contributed by atoms with Crippen molar-refractivity contribution in [3.8, 4) is 0 Å². The van der Waals surface area contributed by atoms with E-state index in [1.165, 1.54) is 0 Å². The second kappa shape index (κ2) is 4.92. The van der Waals surface area contributed by atoms with E-state index in [4.69, 9.17) is 0 Å². The molecule has 2 atom stereocenters. The van der Waals surface area contributed by atoms with E-state index in [1.807, 2.05) is 30.7 Å². The molecule has 0 bridgehead atoms. The van der Waals surface area contributed by atoms with E-state index in [1.54, 1.807) is 0 Å². The fraction of sp³-hybridized carbons (Fsp3) is 0.615. The van der Waals surface area contributed by atoms with Crippen LogP contribution in [0.15, 0.2) is 12.1 Å². The van der Waals surface area contributed by atoms with Gasteiger partial charge in [-0.15, -0.1) is 0 Å². The third-order valence-corrected chi connectivity index (χ3v) is 3.75. The summed E-state index contributed by atoms with van der Waals surface area (Å²) in [6, 6.07) is 4.09. The van der Waals surface area contributed by atoms with Crippen LogP contribution in [0, 0.1) is 12.8 Å². The molecular weight excluding hydrogens is 214 g/mol. The number of aromatic nitrogens is 1. The molecule has 1 aromatic heterocycles. The van der Waals surface area contributed by atoms with Crippen molar-refractivity contribution in [2.45, 2.75) is 26.3 Å². The fourth-order valence-electron chi connectivity index (χ4n) is 2.27. The van der Waals surface area contributed by atoms with Crippen molar-refractivity contribution in [2.24, 2.45) is 13.0 Å². The Morgan fingerprint density at radius 3 is 2.88 bits per heavy atom. The van der Waals surface area contributed by atoms with Gasteiger partial charge in [-0.3, -0.25) is 4.79 Å². The van der Waals surface area contributed by atoms with Crippen LogP contribution >= 0.6 is 0 Å². The number of piperidine rings is 1. The molecule has 0 saturated carbocycles. The fourth-order valence-corrected chi connectivity index (χ4v) is 2.27. The zero-order valence-corrected chi connectivity index (χ0v) is 10.8. The minimum atomic E-state index is 0.0288. The molecule has 94 valence electrons. The highest BCUT2D eigenvalue weighted by molar-refractivity contribution is 5.93. The van der Waals surface area contributed by atoms with Gasteiger partial charge < -0.3 is 15.2 Å². The summed E-state index contributed by atoms with van der Waals surface area (Å²) < 4.78 is 1.93. The Labute approximate surface area is 102 Å². The molecule has 0 spiro atoms. The minimum absolute atomic E-state index is 0.0288. The Balaban J connectivity index is 2.03. The van der Waals surface area contributed by atoms with E-state index in [2.05, 4.69) is 17.6 Å². The topological polar surface area (TPSA) is 46.1 Å². The van der Waals surface area contributed by atoms with E-state index in [-0.39, 0.29) is 11.9 Å². The molecular formula is C13H21N3O. The molecule has 0 radical (unpaired) electrons. The van der Waals surface area contributed by atoms with Crippen molar-refractivity contribution in [3.05, 3.63) is 23.5 Å². The second-order valence-corrected chi connectivity index (χ2v) is 4.97. The lowest BCUT2D eigenvalue weighted by atomic mass is 9.95. The Kier molecular flexibility index (Phi) is 3.52. The Hall–Kier alpha value is -1.29. The van der Waals surface area contributed by atoms with E-state index in [0.717, 1.165) is 30.9 Å². The summed E-state index contributed by atoms with van der Waals surface area (Å²) >= 11 is 0. The van der Waals surface area contributed by atoms with E-state index in [0.29, 0.717) is 5.92 Å². The van der Waals surface area contributed by atoms with Gasteiger partial charge in [0.15, 0.2) is 0 Å². The predicted molar refractivity (Wildman–Crippen MR) is 68.1 cm³/mol. The Morgan fingerprint density at radius 1 is 1.53 bits per heavy atom.